The van der Waals surface area contributed by atoms with Crippen LogP contribution < -0.4 is 10.6 Å². The van der Waals surface area contributed by atoms with Crippen molar-refractivity contribution < 1.29 is 19.1 Å². The summed E-state index contributed by atoms with van der Waals surface area (Å²) >= 11 is 0. The minimum absolute atomic E-state index is 0.102. The number of hydrogen-bond acceptors (Lipinski definition) is 5. The van der Waals surface area contributed by atoms with Gasteiger partial charge < -0.3 is 20.2 Å². The van der Waals surface area contributed by atoms with Crippen LogP contribution in [-0.4, -0.2) is 28.5 Å². The normalized spacial score (nSPS) is 11.8. The highest BCUT2D eigenvalue weighted by Crippen LogP contribution is 2.29. The van der Waals surface area contributed by atoms with Gasteiger partial charge in [0, 0.05) is 23.4 Å². The van der Waals surface area contributed by atoms with Crippen molar-refractivity contribution in [1.29, 1.82) is 0 Å². The molecule has 1 atom stereocenters. The predicted octanol–water partition coefficient (Wildman–Crippen LogP) is 6.04. The van der Waals surface area contributed by atoms with E-state index in [0.29, 0.717) is 11.5 Å². The zero-order valence-electron chi connectivity index (χ0n) is 19.7. The summed E-state index contributed by atoms with van der Waals surface area (Å²) in [6.45, 7) is 2.28. The van der Waals surface area contributed by atoms with E-state index in [9.17, 15) is 9.59 Å². The number of fused-ring (bicyclic) bond motifs is 1. The Morgan fingerprint density at radius 3 is 2.43 bits per heavy atom. The van der Waals surface area contributed by atoms with Crippen LogP contribution in [0.2, 0.25) is 0 Å². The lowest BCUT2D eigenvalue weighted by Gasteiger charge is -2.21. The van der Waals surface area contributed by atoms with Gasteiger partial charge in [0.2, 0.25) is 5.89 Å². The van der Waals surface area contributed by atoms with Gasteiger partial charge in [0.1, 0.15) is 5.52 Å². The number of nitrogens with zero attached hydrogens (tertiary/aromatic N) is 1. The number of hydrogen-bond donors (Lipinski definition) is 3. The van der Waals surface area contributed by atoms with Crippen molar-refractivity contribution in [2.24, 2.45) is 0 Å². The number of carboxylic acid groups (broad SMARTS) is 1. The molecule has 4 rings (SSSR count). The quantitative estimate of drug-likeness (QED) is 0.246. The molecule has 0 unspecified atom stereocenters. The number of aliphatic carboxylic acids is 1. The van der Waals surface area contributed by atoms with Crippen LogP contribution in [0.1, 0.15) is 54.6 Å². The molecule has 1 heterocycles. The van der Waals surface area contributed by atoms with Gasteiger partial charge in [-0.3, -0.25) is 9.59 Å². The number of benzene rings is 3. The summed E-state index contributed by atoms with van der Waals surface area (Å²) in [7, 11) is 0. The van der Waals surface area contributed by atoms with Gasteiger partial charge in [-0.1, -0.05) is 44.0 Å². The fraction of sp³-hybridized carbons (Fsp3) is 0.250. The molecule has 180 valence electrons. The molecule has 4 aromatic rings. The third kappa shape index (κ3) is 6.26. The maximum Gasteiger partial charge on any atom is 0.305 e. The molecular formula is C28H29N3O4. The second-order valence-corrected chi connectivity index (χ2v) is 8.42. The molecule has 0 aliphatic carbocycles. The third-order valence-electron chi connectivity index (χ3n) is 5.81. The molecule has 0 aliphatic rings. The van der Waals surface area contributed by atoms with E-state index in [0.717, 1.165) is 47.2 Å². The van der Waals surface area contributed by atoms with E-state index >= 15 is 0 Å². The van der Waals surface area contributed by atoms with Gasteiger partial charge in [0.25, 0.3) is 5.91 Å². The maximum atomic E-state index is 12.2. The second kappa shape index (κ2) is 11.3. The summed E-state index contributed by atoms with van der Waals surface area (Å²) in [5.41, 5.74) is 5.11. The van der Waals surface area contributed by atoms with Crippen LogP contribution in [0.5, 0.6) is 0 Å². The number of oxazole rings is 1. The highest BCUT2D eigenvalue weighted by Gasteiger charge is 2.14. The minimum atomic E-state index is -0.940. The number of carbonyl (C=O) groups excluding carboxylic acids is 1. The van der Waals surface area contributed by atoms with E-state index in [1.807, 2.05) is 48.5 Å². The lowest BCUT2D eigenvalue weighted by atomic mass is 9.99. The fourth-order valence-electron chi connectivity index (χ4n) is 3.89. The summed E-state index contributed by atoms with van der Waals surface area (Å²) in [4.78, 5) is 27.4. The van der Waals surface area contributed by atoms with Crippen molar-refractivity contribution >= 4 is 28.7 Å². The van der Waals surface area contributed by atoms with E-state index in [1.165, 1.54) is 0 Å². The van der Waals surface area contributed by atoms with Crippen molar-refractivity contribution in [3.63, 3.8) is 0 Å². The van der Waals surface area contributed by atoms with Gasteiger partial charge in [-0.2, -0.15) is 0 Å². The molecule has 1 aromatic heterocycles. The molecule has 0 fully saturated rings. The zero-order chi connectivity index (χ0) is 24.6. The molecule has 35 heavy (non-hydrogen) atoms. The average molecular weight is 472 g/mol. The van der Waals surface area contributed by atoms with Crippen molar-refractivity contribution in [1.82, 2.24) is 10.3 Å². The number of carbonyl (C=O) groups is 2. The van der Waals surface area contributed by atoms with Gasteiger partial charge >= 0.3 is 5.97 Å². The predicted molar refractivity (Wildman–Crippen MR) is 136 cm³/mol. The van der Waals surface area contributed by atoms with Crippen LogP contribution in [0.4, 0.5) is 5.69 Å². The van der Waals surface area contributed by atoms with E-state index in [4.69, 9.17) is 9.52 Å². The van der Waals surface area contributed by atoms with E-state index in [1.54, 1.807) is 12.1 Å². The highest BCUT2D eigenvalue weighted by molar-refractivity contribution is 5.94. The molecule has 7 nitrogen and oxygen atoms in total. The summed E-state index contributed by atoms with van der Waals surface area (Å²) < 4.78 is 5.89. The fourth-order valence-corrected chi connectivity index (χ4v) is 3.89. The molecule has 0 bridgehead atoms. The van der Waals surface area contributed by atoms with Crippen LogP contribution in [0.25, 0.3) is 22.6 Å². The van der Waals surface area contributed by atoms with Crippen LogP contribution in [0.3, 0.4) is 0 Å². The van der Waals surface area contributed by atoms with Gasteiger partial charge in [0.05, 0.1) is 12.5 Å². The van der Waals surface area contributed by atoms with Crippen LogP contribution >= 0.6 is 0 Å². The van der Waals surface area contributed by atoms with Crippen molar-refractivity contribution in [2.45, 2.75) is 38.6 Å². The van der Waals surface area contributed by atoms with Gasteiger partial charge in [0.15, 0.2) is 5.58 Å². The number of amides is 1. The first-order chi connectivity index (χ1) is 17.0. The van der Waals surface area contributed by atoms with Gasteiger partial charge in [-0.15, -0.1) is 0 Å². The molecule has 3 aromatic carbocycles. The Bertz CT molecular complexity index is 1250. The SMILES string of the molecule is CCCC[C@@H](Nc1ccc(C(=O)NCCC(=O)O)cc1)c1ccc(-c2nc3ccccc3o2)cc1. The molecule has 0 saturated heterocycles. The van der Waals surface area contributed by atoms with Crippen molar-refractivity contribution in [2.75, 3.05) is 11.9 Å². The summed E-state index contributed by atoms with van der Waals surface area (Å²) in [5.74, 6) is -0.618. The lowest BCUT2D eigenvalue weighted by Crippen LogP contribution is -2.25. The van der Waals surface area contributed by atoms with Crippen LogP contribution in [0.15, 0.2) is 77.2 Å². The number of carboxylic acids is 1. The Kier molecular flexibility index (Phi) is 7.77. The van der Waals surface area contributed by atoms with Crippen LogP contribution in [0, 0.1) is 0 Å². The molecule has 0 saturated carbocycles. The topological polar surface area (TPSA) is 104 Å². The minimum Gasteiger partial charge on any atom is -0.481 e. The Morgan fingerprint density at radius 1 is 1.00 bits per heavy atom. The molecule has 3 N–H and O–H groups in total. The lowest BCUT2D eigenvalue weighted by molar-refractivity contribution is -0.136. The number of para-hydroxylation sites is 2. The van der Waals surface area contributed by atoms with Crippen molar-refractivity contribution in [3.05, 3.63) is 83.9 Å². The summed E-state index contributed by atoms with van der Waals surface area (Å²) in [6.07, 6.45) is 3.04. The zero-order valence-corrected chi connectivity index (χ0v) is 19.7. The Morgan fingerprint density at radius 2 is 1.74 bits per heavy atom. The molecule has 1 amide bonds. The van der Waals surface area contributed by atoms with Crippen molar-refractivity contribution in [3.8, 4) is 11.5 Å². The number of rotatable bonds is 11. The van der Waals surface area contributed by atoms with Gasteiger partial charge in [-0.05, 0) is 60.5 Å². The van der Waals surface area contributed by atoms with Crippen LogP contribution in [-0.2, 0) is 4.79 Å². The standard InChI is InChI=1S/C28H29N3O4/c1-2-3-6-23(30-22-15-13-20(14-16-22)27(34)29-18-17-26(32)33)19-9-11-21(12-10-19)28-31-24-7-4-5-8-25(24)35-28/h4-5,7-16,23,30H,2-3,6,17-18H2,1H3,(H,29,34)(H,32,33)/t23-/m1/s1. The molecule has 0 spiro atoms. The third-order valence-corrected chi connectivity index (χ3v) is 5.81. The molecular weight excluding hydrogens is 442 g/mol. The molecule has 0 aliphatic heterocycles. The smallest absolute Gasteiger partial charge is 0.305 e. The summed E-state index contributed by atoms with van der Waals surface area (Å²) in [5, 5.41) is 14.9. The molecule has 0 radical (unpaired) electrons. The second-order valence-electron chi connectivity index (χ2n) is 8.42. The highest BCUT2D eigenvalue weighted by atomic mass is 16.4. The van der Waals surface area contributed by atoms with Gasteiger partial charge in [-0.25, -0.2) is 4.98 Å². The van der Waals surface area contributed by atoms with E-state index in [2.05, 4.69) is 34.7 Å². The Labute approximate surface area is 204 Å². The molecule has 7 heteroatoms. The first kappa shape index (κ1) is 24.0. The summed E-state index contributed by atoms with van der Waals surface area (Å²) in [6, 6.07) is 23.3. The van der Waals surface area contributed by atoms with E-state index in [-0.39, 0.29) is 24.9 Å². The number of anilines is 1. The average Bonchev–Trinajstić information content (AvgIpc) is 3.31. The number of unbranched alkanes of at least 4 members (excludes halogenated alkanes) is 1. The Balaban J connectivity index is 1.45. The number of nitrogens with one attached hydrogen (secondary N) is 2. The number of aromatic nitrogens is 1. The maximum absolute atomic E-state index is 12.2. The largest absolute Gasteiger partial charge is 0.481 e. The van der Waals surface area contributed by atoms with E-state index < -0.39 is 5.97 Å². The monoisotopic (exact) mass is 471 g/mol. The first-order valence-corrected chi connectivity index (χ1v) is 11.9. The Hall–Kier alpha value is -4.13. The first-order valence-electron chi connectivity index (χ1n) is 11.9.